The van der Waals surface area contributed by atoms with Gasteiger partial charge in [-0.1, -0.05) is 50.7 Å². The van der Waals surface area contributed by atoms with Crippen LogP contribution in [0.25, 0.3) is 0 Å². The van der Waals surface area contributed by atoms with E-state index < -0.39 is 5.66 Å². The van der Waals surface area contributed by atoms with Gasteiger partial charge in [0.25, 0.3) is 0 Å². The van der Waals surface area contributed by atoms with Gasteiger partial charge in [-0.2, -0.15) is 0 Å². The highest BCUT2D eigenvalue weighted by atomic mass is 16.2. The number of anilines is 3. The number of aromatic nitrogens is 1. The van der Waals surface area contributed by atoms with E-state index in [9.17, 15) is 4.79 Å². The van der Waals surface area contributed by atoms with Gasteiger partial charge in [-0.05, 0) is 69.7 Å². The van der Waals surface area contributed by atoms with Crippen LogP contribution >= 0.6 is 0 Å². The van der Waals surface area contributed by atoms with Gasteiger partial charge in [0, 0.05) is 30.9 Å². The van der Waals surface area contributed by atoms with Crippen molar-refractivity contribution in [2.75, 3.05) is 28.6 Å². The maximum Gasteiger partial charge on any atom is 0.228 e. The molecule has 2 aromatic rings. The third-order valence-corrected chi connectivity index (χ3v) is 8.70. The Balaban J connectivity index is 1.55. The van der Waals surface area contributed by atoms with E-state index in [1.54, 1.807) is 0 Å². The van der Waals surface area contributed by atoms with Crippen molar-refractivity contribution in [2.45, 2.75) is 89.8 Å². The maximum absolute atomic E-state index is 14.3. The predicted molar refractivity (Wildman–Crippen MR) is 148 cm³/mol. The highest BCUT2D eigenvalue weighted by Crippen LogP contribution is 2.48. The molecule has 6 heteroatoms. The second-order valence-electron chi connectivity index (χ2n) is 10.9. The normalized spacial score (nSPS) is 20.6. The molecule has 0 bridgehead atoms. The maximum atomic E-state index is 14.3. The Kier molecular flexibility index (Phi) is 7.68. The van der Waals surface area contributed by atoms with Crippen molar-refractivity contribution in [3.8, 4) is 0 Å². The molecule has 1 aromatic heterocycles. The van der Waals surface area contributed by atoms with E-state index in [0.29, 0.717) is 12.0 Å². The molecule has 0 saturated heterocycles. The lowest BCUT2D eigenvalue weighted by atomic mass is 9.71. The van der Waals surface area contributed by atoms with Crippen molar-refractivity contribution in [3.63, 3.8) is 0 Å². The minimum absolute atomic E-state index is 0.189. The van der Waals surface area contributed by atoms with Gasteiger partial charge in [0.05, 0.1) is 17.3 Å². The van der Waals surface area contributed by atoms with Crippen molar-refractivity contribution in [1.82, 2.24) is 10.3 Å². The Morgan fingerprint density at radius 3 is 2.11 bits per heavy atom. The molecule has 5 rings (SSSR count). The first-order chi connectivity index (χ1) is 17.6. The van der Waals surface area contributed by atoms with Crippen LogP contribution in [0, 0.1) is 11.8 Å². The molecule has 6 nitrogen and oxygen atoms in total. The standard InChI is InChI=1S/C30H43N5O/c1-3-35(4-2)27-20-19-23(21-31-27)30(33-25-17-11-12-18-26(25)34-30)28(22-13-7-5-8-14-22)29(36)32-24-15-9-6-10-16-24/h11-12,17-22,24,28,33-34H,3-10,13-16H2,1-2H3,(H,32,36). The number of carbonyl (C=O) groups is 1. The Bertz CT molecular complexity index is 981. The summed E-state index contributed by atoms with van der Waals surface area (Å²) in [6, 6.07) is 12.9. The first-order valence-corrected chi connectivity index (χ1v) is 14.3. The lowest BCUT2D eigenvalue weighted by Gasteiger charge is -2.44. The first-order valence-electron chi connectivity index (χ1n) is 14.3. The predicted octanol–water partition coefficient (Wildman–Crippen LogP) is 6.26. The fourth-order valence-corrected chi connectivity index (χ4v) is 6.76. The molecule has 1 atom stereocenters. The lowest BCUT2D eigenvalue weighted by Crippen LogP contribution is -2.56. The van der Waals surface area contributed by atoms with Gasteiger partial charge in [0.2, 0.25) is 5.91 Å². The molecule has 2 heterocycles. The summed E-state index contributed by atoms with van der Waals surface area (Å²) >= 11 is 0. The number of nitrogens with one attached hydrogen (secondary N) is 3. The fraction of sp³-hybridized carbons (Fsp3) is 0.600. The Morgan fingerprint density at radius 2 is 1.56 bits per heavy atom. The zero-order valence-corrected chi connectivity index (χ0v) is 22.1. The smallest absolute Gasteiger partial charge is 0.228 e. The highest BCUT2D eigenvalue weighted by molar-refractivity contribution is 5.86. The topological polar surface area (TPSA) is 69.3 Å². The van der Waals surface area contributed by atoms with Crippen LogP contribution in [0.15, 0.2) is 42.6 Å². The quantitative estimate of drug-likeness (QED) is 0.408. The summed E-state index contributed by atoms with van der Waals surface area (Å²) in [7, 11) is 0. The lowest BCUT2D eigenvalue weighted by molar-refractivity contribution is -0.130. The van der Waals surface area contributed by atoms with Gasteiger partial charge in [0.15, 0.2) is 0 Å². The van der Waals surface area contributed by atoms with E-state index in [-0.39, 0.29) is 11.8 Å². The average Bonchev–Trinajstić information content (AvgIpc) is 3.31. The van der Waals surface area contributed by atoms with Crippen molar-refractivity contribution in [3.05, 3.63) is 48.2 Å². The summed E-state index contributed by atoms with van der Waals surface area (Å²) in [5, 5.41) is 11.2. The monoisotopic (exact) mass is 489 g/mol. The molecule has 36 heavy (non-hydrogen) atoms. The van der Waals surface area contributed by atoms with Crippen molar-refractivity contribution < 1.29 is 4.79 Å². The van der Waals surface area contributed by atoms with Gasteiger partial charge in [-0.15, -0.1) is 0 Å². The summed E-state index contributed by atoms with van der Waals surface area (Å²) in [5.41, 5.74) is 2.41. The minimum Gasteiger partial charge on any atom is -0.357 e. The van der Waals surface area contributed by atoms with Crippen LogP contribution in [0.3, 0.4) is 0 Å². The summed E-state index contributed by atoms with van der Waals surface area (Å²) in [5.74, 6) is 1.26. The van der Waals surface area contributed by atoms with Gasteiger partial charge in [0.1, 0.15) is 11.5 Å². The number of benzene rings is 1. The van der Waals surface area contributed by atoms with E-state index in [1.807, 2.05) is 6.20 Å². The molecule has 2 saturated carbocycles. The molecular formula is C30H43N5O. The van der Waals surface area contributed by atoms with E-state index in [4.69, 9.17) is 4.98 Å². The third kappa shape index (κ3) is 4.91. The Labute approximate surface area is 216 Å². The molecule has 1 amide bonds. The van der Waals surface area contributed by atoms with Crippen LogP contribution in [-0.2, 0) is 10.5 Å². The fourth-order valence-electron chi connectivity index (χ4n) is 6.76. The number of rotatable bonds is 8. The number of carbonyl (C=O) groups excluding carboxylic acids is 1. The van der Waals surface area contributed by atoms with Gasteiger partial charge < -0.3 is 20.9 Å². The number of amides is 1. The van der Waals surface area contributed by atoms with Crippen LogP contribution in [0.1, 0.15) is 83.6 Å². The van der Waals surface area contributed by atoms with Crippen LogP contribution in [-0.4, -0.2) is 30.0 Å². The SMILES string of the molecule is CCN(CC)c1ccc(C2(C(C(=O)NC3CCCCC3)C3CCCCC3)Nc3ccccc3N2)cn1. The summed E-state index contributed by atoms with van der Waals surface area (Å²) in [4.78, 5) is 21.4. The van der Waals surface area contributed by atoms with E-state index in [1.165, 1.54) is 38.5 Å². The summed E-state index contributed by atoms with van der Waals surface area (Å²) in [6.45, 7) is 6.16. The van der Waals surface area contributed by atoms with E-state index in [2.05, 4.69) is 71.1 Å². The van der Waals surface area contributed by atoms with Crippen LogP contribution in [0.2, 0.25) is 0 Å². The van der Waals surface area contributed by atoms with Crippen molar-refractivity contribution in [2.24, 2.45) is 11.8 Å². The Hall–Kier alpha value is -2.76. The zero-order valence-electron chi connectivity index (χ0n) is 22.1. The zero-order chi connectivity index (χ0) is 25.0. The number of fused-ring (bicyclic) bond motifs is 1. The molecule has 1 unspecified atom stereocenters. The average molecular weight is 490 g/mol. The van der Waals surface area contributed by atoms with Gasteiger partial charge in [-0.3, -0.25) is 4.79 Å². The van der Waals surface area contributed by atoms with E-state index in [0.717, 1.165) is 61.5 Å². The molecule has 3 aliphatic rings. The Morgan fingerprint density at radius 1 is 0.944 bits per heavy atom. The minimum atomic E-state index is -0.723. The molecule has 2 fully saturated rings. The summed E-state index contributed by atoms with van der Waals surface area (Å²) in [6.07, 6.45) is 13.7. The molecule has 0 spiro atoms. The molecule has 0 radical (unpaired) electrons. The van der Waals surface area contributed by atoms with Gasteiger partial charge in [-0.25, -0.2) is 4.98 Å². The second kappa shape index (κ2) is 11.1. The number of hydrogen-bond donors (Lipinski definition) is 3. The second-order valence-corrected chi connectivity index (χ2v) is 10.9. The van der Waals surface area contributed by atoms with E-state index >= 15 is 0 Å². The molecule has 194 valence electrons. The number of pyridine rings is 1. The van der Waals surface area contributed by atoms with Gasteiger partial charge >= 0.3 is 0 Å². The van der Waals surface area contributed by atoms with Crippen LogP contribution in [0.5, 0.6) is 0 Å². The number of hydrogen-bond acceptors (Lipinski definition) is 5. The van der Waals surface area contributed by atoms with Crippen molar-refractivity contribution >= 4 is 23.1 Å². The first kappa shape index (κ1) is 24.9. The third-order valence-electron chi connectivity index (χ3n) is 8.70. The molecule has 2 aliphatic carbocycles. The van der Waals surface area contributed by atoms with Crippen LogP contribution < -0.4 is 20.9 Å². The molecule has 1 aliphatic heterocycles. The molecule has 1 aromatic carbocycles. The molecular weight excluding hydrogens is 446 g/mol. The van der Waals surface area contributed by atoms with Crippen LogP contribution in [0.4, 0.5) is 17.2 Å². The highest BCUT2D eigenvalue weighted by Gasteiger charge is 2.52. The number of nitrogens with zero attached hydrogens (tertiary/aromatic N) is 2. The molecule has 3 N–H and O–H groups in total. The summed E-state index contributed by atoms with van der Waals surface area (Å²) < 4.78 is 0. The largest absolute Gasteiger partial charge is 0.357 e. The number of para-hydroxylation sites is 2. The van der Waals surface area contributed by atoms with Crippen molar-refractivity contribution in [1.29, 1.82) is 0 Å².